The quantitative estimate of drug-likeness (QED) is 0.627. The van der Waals surface area contributed by atoms with Gasteiger partial charge >= 0.3 is 12.1 Å². The van der Waals surface area contributed by atoms with Crippen LogP contribution < -0.4 is 5.32 Å². The number of hydrogen-bond acceptors (Lipinski definition) is 4. The summed E-state index contributed by atoms with van der Waals surface area (Å²) < 4.78 is 32.7. The molecule has 0 bridgehead atoms. The van der Waals surface area contributed by atoms with Crippen molar-refractivity contribution >= 4 is 18.0 Å². The number of fused-ring (bicyclic) bond motifs is 3. The molecule has 1 fully saturated rings. The molecule has 0 unspecified atom stereocenters. The molecule has 4 rings (SSSR count). The minimum absolute atomic E-state index is 0.0582. The number of nitrogens with one attached hydrogen (secondary N) is 1. The Balaban J connectivity index is 1.32. The van der Waals surface area contributed by atoms with Crippen LogP contribution >= 0.6 is 0 Å². The summed E-state index contributed by atoms with van der Waals surface area (Å²) in [5.74, 6) is -5.63. The van der Waals surface area contributed by atoms with E-state index in [-0.39, 0.29) is 24.6 Å². The number of rotatable bonds is 6. The summed E-state index contributed by atoms with van der Waals surface area (Å²) in [5.41, 5.74) is 4.43. The average Bonchev–Trinajstić information content (AvgIpc) is 3.31. The molecule has 0 spiro atoms. The molecular formula is C25H24F2N2O5. The number of benzene rings is 2. The van der Waals surface area contributed by atoms with Crippen LogP contribution in [0.2, 0.25) is 0 Å². The van der Waals surface area contributed by atoms with E-state index < -0.39 is 42.9 Å². The number of alkyl halides is 2. The first-order valence-corrected chi connectivity index (χ1v) is 10.8. The fraction of sp³-hybridized carbons (Fsp3) is 0.320. The SMILES string of the molecule is C/C(=C\CNC(=O)OCC1c2ccccc2-c2ccccc21)C(=O)N1CC(F)(F)C[C@@H]1C(=O)O. The number of carboxylic acids is 1. The molecule has 34 heavy (non-hydrogen) atoms. The van der Waals surface area contributed by atoms with Crippen molar-refractivity contribution in [2.75, 3.05) is 19.7 Å². The fourth-order valence-corrected chi connectivity index (χ4v) is 4.50. The van der Waals surface area contributed by atoms with Crippen LogP contribution in [0.5, 0.6) is 0 Å². The number of alkyl carbamates (subject to hydrolysis) is 1. The third kappa shape index (κ3) is 4.64. The first kappa shape index (κ1) is 23.4. The zero-order valence-corrected chi connectivity index (χ0v) is 18.5. The van der Waals surface area contributed by atoms with E-state index in [0.29, 0.717) is 4.90 Å². The van der Waals surface area contributed by atoms with E-state index in [1.165, 1.54) is 13.0 Å². The number of aliphatic carboxylic acids is 1. The van der Waals surface area contributed by atoms with E-state index in [2.05, 4.69) is 5.32 Å². The van der Waals surface area contributed by atoms with Crippen LogP contribution in [-0.4, -0.2) is 59.6 Å². The number of hydrogen-bond donors (Lipinski definition) is 2. The van der Waals surface area contributed by atoms with Gasteiger partial charge in [-0.25, -0.2) is 18.4 Å². The van der Waals surface area contributed by atoms with E-state index in [0.717, 1.165) is 22.3 Å². The molecule has 1 heterocycles. The zero-order valence-electron chi connectivity index (χ0n) is 18.5. The molecule has 2 N–H and O–H groups in total. The third-order valence-electron chi connectivity index (χ3n) is 6.15. The maximum atomic E-state index is 13.6. The van der Waals surface area contributed by atoms with Gasteiger partial charge in [-0.3, -0.25) is 4.79 Å². The van der Waals surface area contributed by atoms with Crippen molar-refractivity contribution in [3.63, 3.8) is 0 Å². The highest BCUT2D eigenvalue weighted by Gasteiger charge is 2.50. The van der Waals surface area contributed by atoms with Crippen molar-refractivity contribution < 1.29 is 33.0 Å². The van der Waals surface area contributed by atoms with Gasteiger partial charge in [-0.15, -0.1) is 0 Å². The van der Waals surface area contributed by atoms with Crippen LogP contribution in [0.3, 0.4) is 0 Å². The predicted octanol–water partition coefficient (Wildman–Crippen LogP) is 3.79. The molecule has 0 radical (unpaired) electrons. The third-order valence-corrected chi connectivity index (χ3v) is 6.15. The van der Waals surface area contributed by atoms with Crippen molar-refractivity contribution in [2.24, 2.45) is 0 Å². The second kappa shape index (κ2) is 9.24. The lowest BCUT2D eigenvalue weighted by atomic mass is 9.98. The Hall–Kier alpha value is -3.75. The minimum Gasteiger partial charge on any atom is -0.480 e. The number of ether oxygens (including phenoxy) is 1. The van der Waals surface area contributed by atoms with Crippen molar-refractivity contribution in [3.8, 4) is 11.1 Å². The molecule has 0 aromatic heterocycles. The number of carboxylic acid groups (broad SMARTS) is 1. The number of carbonyl (C=O) groups excluding carboxylic acids is 2. The van der Waals surface area contributed by atoms with Crippen LogP contribution in [0.25, 0.3) is 11.1 Å². The molecule has 1 atom stereocenters. The highest BCUT2D eigenvalue weighted by atomic mass is 19.3. The van der Waals surface area contributed by atoms with Crippen LogP contribution in [-0.2, 0) is 14.3 Å². The molecule has 2 amide bonds. The monoisotopic (exact) mass is 470 g/mol. The minimum atomic E-state index is -3.25. The van der Waals surface area contributed by atoms with E-state index in [4.69, 9.17) is 9.84 Å². The molecule has 0 saturated carbocycles. The van der Waals surface area contributed by atoms with Gasteiger partial charge in [0.2, 0.25) is 5.91 Å². The Kier molecular flexibility index (Phi) is 6.37. The first-order valence-electron chi connectivity index (χ1n) is 10.8. The molecule has 1 aliphatic carbocycles. The van der Waals surface area contributed by atoms with Gasteiger partial charge < -0.3 is 20.1 Å². The Morgan fingerprint density at radius 2 is 1.71 bits per heavy atom. The molecule has 9 heteroatoms. The van der Waals surface area contributed by atoms with Gasteiger partial charge in [-0.1, -0.05) is 54.6 Å². The first-order chi connectivity index (χ1) is 16.2. The van der Waals surface area contributed by atoms with E-state index in [1.54, 1.807) is 0 Å². The van der Waals surface area contributed by atoms with Gasteiger partial charge in [0.15, 0.2) is 0 Å². The van der Waals surface area contributed by atoms with Gasteiger partial charge in [0, 0.05) is 24.5 Å². The number of amides is 2. The molecule has 1 aliphatic heterocycles. The van der Waals surface area contributed by atoms with Crippen molar-refractivity contribution in [3.05, 3.63) is 71.3 Å². The van der Waals surface area contributed by atoms with Crippen LogP contribution in [0.4, 0.5) is 13.6 Å². The lowest BCUT2D eigenvalue weighted by Crippen LogP contribution is -2.41. The number of likely N-dealkylation sites (tertiary alicyclic amines) is 1. The lowest BCUT2D eigenvalue weighted by molar-refractivity contribution is -0.146. The maximum Gasteiger partial charge on any atom is 0.407 e. The fourth-order valence-electron chi connectivity index (χ4n) is 4.50. The van der Waals surface area contributed by atoms with E-state index in [9.17, 15) is 23.2 Å². The largest absolute Gasteiger partial charge is 0.480 e. The molecule has 7 nitrogen and oxygen atoms in total. The number of nitrogens with zero attached hydrogens (tertiary/aromatic N) is 1. The number of carbonyl (C=O) groups is 3. The zero-order chi connectivity index (χ0) is 24.5. The van der Waals surface area contributed by atoms with Gasteiger partial charge in [0.05, 0.1) is 6.54 Å². The predicted molar refractivity (Wildman–Crippen MR) is 120 cm³/mol. The smallest absolute Gasteiger partial charge is 0.407 e. The molecule has 2 aromatic carbocycles. The molecule has 2 aromatic rings. The summed E-state index contributed by atoms with van der Waals surface area (Å²) in [6.07, 6.45) is -0.257. The topological polar surface area (TPSA) is 95.9 Å². The summed E-state index contributed by atoms with van der Waals surface area (Å²) in [6, 6.07) is 14.3. The highest BCUT2D eigenvalue weighted by Crippen LogP contribution is 2.44. The average molecular weight is 470 g/mol. The second-order valence-electron chi connectivity index (χ2n) is 8.44. The Morgan fingerprint density at radius 3 is 2.29 bits per heavy atom. The molecule has 178 valence electrons. The Labute approximate surface area is 195 Å². The Bertz CT molecular complexity index is 1120. The van der Waals surface area contributed by atoms with Crippen molar-refractivity contribution in [1.82, 2.24) is 10.2 Å². The summed E-state index contributed by atoms with van der Waals surface area (Å²) >= 11 is 0. The lowest BCUT2D eigenvalue weighted by Gasteiger charge is -2.21. The van der Waals surface area contributed by atoms with Gasteiger partial charge in [0.1, 0.15) is 12.6 Å². The highest BCUT2D eigenvalue weighted by molar-refractivity contribution is 5.96. The van der Waals surface area contributed by atoms with Gasteiger partial charge in [-0.05, 0) is 29.2 Å². The summed E-state index contributed by atoms with van der Waals surface area (Å²) in [5, 5.41) is 11.7. The van der Waals surface area contributed by atoms with Crippen LogP contribution in [0.15, 0.2) is 60.2 Å². The molecule has 2 aliphatic rings. The van der Waals surface area contributed by atoms with Crippen molar-refractivity contribution in [1.29, 1.82) is 0 Å². The van der Waals surface area contributed by atoms with Crippen LogP contribution in [0, 0.1) is 0 Å². The molecular weight excluding hydrogens is 446 g/mol. The standard InChI is InChI=1S/C25H24F2N2O5/c1-15(22(30)29-14-25(26,27)12-21(29)23(31)32)10-11-28-24(33)34-13-20-18-8-4-2-6-16(18)17-7-3-5-9-19(17)20/h2-10,20-21H,11-14H2,1H3,(H,28,33)(H,31,32)/b15-10+/t21-/m1/s1. The summed E-state index contributed by atoms with van der Waals surface area (Å²) in [7, 11) is 0. The summed E-state index contributed by atoms with van der Waals surface area (Å²) in [6.45, 7) is 0.492. The van der Waals surface area contributed by atoms with Gasteiger partial charge in [0.25, 0.3) is 5.92 Å². The van der Waals surface area contributed by atoms with E-state index in [1.807, 2.05) is 48.5 Å². The van der Waals surface area contributed by atoms with Crippen molar-refractivity contribution in [2.45, 2.75) is 31.2 Å². The normalized spacial score (nSPS) is 18.9. The molecule has 1 saturated heterocycles. The maximum absolute atomic E-state index is 13.6. The van der Waals surface area contributed by atoms with Crippen LogP contribution in [0.1, 0.15) is 30.4 Å². The van der Waals surface area contributed by atoms with E-state index >= 15 is 0 Å². The summed E-state index contributed by atoms with van der Waals surface area (Å²) in [4.78, 5) is 36.6. The Morgan fingerprint density at radius 1 is 1.12 bits per heavy atom. The number of halogens is 2. The van der Waals surface area contributed by atoms with Gasteiger partial charge in [-0.2, -0.15) is 0 Å². The second-order valence-corrected chi connectivity index (χ2v) is 8.44.